The van der Waals surface area contributed by atoms with E-state index in [0.717, 1.165) is 30.5 Å². The third-order valence-corrected chi connectivity index (χ3v) is 7.04. The normalized spacial score (nSPS) is 14.6. The standard InChI is InChI=1S/C14H11ClF3NO4S2/c1-24(20,12-6-2-10(15)3-7-12)19-25(21,22)13-8-4-11(5-9-13)23-14(16,17)18/h2-9H,1H3. The summed E-state index contributed by atoms with van der Waals surface area (Å²) < 4.78 is 80.5. The molecule has 0 bridgehead atoms. The van der Waals surface area contributed by atoms with E-state index in [4.69, 9.17) is 11.6 Å². The van der Waals surface area contributed by atoms with Gasteiger partial charge in [0.2, 0.25) is 0 Å². The van der Waals surface area contributed by atoms with Gasteiger partial charge in [-0.25, -0.2) is 4.21 Å². The maximum absolute atomic E-state index is 12.6. The minimum atomic E-state index is -4.89. The second-order valence-corrected chi connectivity index (χ2v) is 9.36. The number of ether oxygens (including phenoxy) is 1. The highest BCUT2D eigenvalue weighted by Gasteiger charge is 2.31. The average Bonchev–Trinajstić information content (AvgIpc) is 2.45. The minimum Gasteiger partial charge on any atom is -0.406 e. The third-order valence-electron chi connectivity index (χ3n) is 2.85. The van der Waals surface area contributed by atoms with Crippen LogP contribution in [0, 0.1) is 0 Å². The van der Waals surface area contributed by atoms with E-state index in [0.29, 0.717) is 5.02 Å². The first-order valence-electron chi connectivity index (χ1n) is 6.49. The van der Waals surface area contributed by atoms with Crippen LogP contribution in [0.3, 0.4) is 0 Å². The van der Waals surface area contributed by atoms with Crippen LogP contribution >= 0.6 is 11.6 Å². The van der Waals surface area contributed by atoms with Gasteiger partial charge in [-0.15, -0.1) is 16.9 Å². The van der Waals surface area contributed by atoms with Crippen LogP contribution in [0.25, 0.3) is 0 Å². The van der Waals surface area contributed by atoms with Gasteiger partial charge in [0, 0.05) is 16.2 Å². The van der Waals surface area contributed by atoms with Crippen LogP contribution in [0.15, 0.2) is 62.1 Å². The van der Waals surface area contributed by atoms with E-state index >= 15 is 0 Å². The molecule has 0 aliphatic heterocycles. The Kier molecular flexibility index (Phi) is 5.35. The van der Waals surface area contributed by atoms with Gasteiger partial charge in [-0.2, -0.15) is 8.42 Å². The molecule has 0 fully saturated rings. The molecule has 0 spiro atoms. The van der Waals surface area contributed by atoms with Gasteiger partial charge < -0.3 is 4.74 Å². The van der Waals surface area contributed by atoms with Gasteiger partial charge in [0.1, 0.15) is 5.75 Å². The quantitative estimate of drug-likeness (QED) is 0.757. The predicted molar refractivity (Wildman–Crippen MR) is 86.5 cm³/mol. The highest BCUT2D eigenvalue weighted by Crippen LogP contribution is 2.25. The summed E-state index contributed by atoms with van der Waals surface area (Å²) in [4.78, 5) is -0.261. The van der Waals surface area contributed by atoms with Gasteiger partial charge in [-0.05, 0) is 48.5 Å². The monoisotopic (exact) mass is 413 g/mol. The minimum absolute atomic E-state index is 0.150. The van der Waals surface area contributed by atoms with Gasteiger partial charge in [-0.1, -0.05) is 11.6 Å². The summed E-state index contributed by atoms with van der Waals surface area (Å²) in [5, 5.41) is 0.377. The lowest BCUT2D eigenvalue weighted by atomic mass is 10.3. The number of hydrogen-bond donors (Lipinski definition) is 0. The molecule has 0 heterocycles. The fourth-order valence-electron chi connectivity index (χ4n) is 1.77. The van der Waals surface area contributed by atoms with E-state index in [-0.39, 0.29) is 4.90 Å². The number of halogens is 4. The van der Waals surface area contributed by atoms with E-state index < -0.39 is 36.8 Å². The molecule has 136 valence electrons. The summed E-state index contributed by atoms with van der Waals surface area (Å²) in [7, 11) is -7.66. The summed E-state index contributed by atoms with van der Waals surface area (Å²) in [5.41, 5.74) is 0. The second kappa shape index (κ2) is 6.85. The molecule has 0 amide bonds. The summed E-state index contributed by atoms with van der Waals surface area (Å²) >= 11 is 5.72. The van der Waals surface area contributed by atoms with Crippen molar-refractivity contribution in [3.05, 3.63) is 53.6 Å². The van der Waals surface area contributed by atoms with E-state index in [2.05, 4.69) is 8.50 Å². The topological polar surface area (TPSA) is 72.8 Å². The van der Waals surface area contributed by atoms with E-state index in [1.807, 2.05) is 0 Å². The number of alkyl halides is 3. The van der Waals surface area contributed by atoms with Crippen LogP contribution in [-0.2, 0) is 19.8 Å². The highest BCUT2D eigenvalue weighted by molar-refractivity contribution is 8.03. The van der Waals surface area contributed by atoms with Crippen molar-refractivity contribution in [1.82, 2.24) is 0 Å². The fraction of sp³-hybridized carbons (Fsp3) is 0.143. The average molecular weight is 414 g/mol. The molecule has 0 aromatic heterocycles. The van der Waals surface area contributed by atoms with Crippen molar-refractivity contribution < 1.29 is 30.5 Å². The Morgan fingerprint density at radius 1 is 0.920 bits per heavy atom. The number of hydrogen-bond acceptors (Lipinski definition) is 4. The van der Waals surface area contributed by atoms with Crippen molar-refractivity contribution in [3.8, 4) is 5.75 Å². The molecule has 1 atom stereocenters. The number of rotatable bonds is 4. The summed E-state index contributed by atoms with van der Waals surface area (Å²) in [6.45, 7) is 0. The number of sulfonamides is 1. The molecule has 0 N–H and O–H groups in total. The number of nitrogens with zero attached hydrogens (tertiary/aromatic N) is 1. The lowest BCUT2D eigenvalue weighted by Gasteiger charge is -2.09. The lowest BCUT2D eigenvalue weighted by molar-refractivity contribution is -0.274. The predicted octanol–water partition coefficient (Wildman–Crippen LogP) is 4.08. The van der Waals surface area contributed by atoms with Gasteiger partial charge in [0.25, 0.3) is 10.0 Å². The second-order valence-electron chi connectivity index (χ2n) is 4.83. The zero-order chi connectivity index (χ0) is 18.9. The molecule has 25 heavy (non-hydrogen) atoms. The maximum atomic E-state index is 12.6. The smallest absolute Gasteiger partial charge is 0.406 e. The Morgan fingerprint density at radius 2 is 1.40 bits per heavy atom. The van der Waals surface area contributed by atoms with Crippen LogP contribution in [0.2, 0.25) is 5.02 Å². The summed E-state index contributed by atoms with van der Waals surface area (Å²) in [6.07, 6.45) is -3.76. The molecule has 0 aliphatic rings. The Hall–Kier alpha value is -1.78. The van der Waals surface area contributed by atoms with Crippen LogP contribution in [0.1, 0.15) is 0 Å². The van der Waals surface area contributed by atoms with Crippen molar-refractivity contribution in [1.29, 1.82) is 0 Å². The Morgan fingerprint density at radius 3 is 1.88 bits per heavy atom. The largest absolute Gasteiger partial charge is 0.573 e. The molecule has 5 nitrogen and oxygen atoms in total. The SMILES string of the molecule is CS(=O)(=NS(=O)(=O)c1ccc(OC(F)(F)F)cc1)c1ccc(Cl)cc1. The summed E-state index contributed by atoms with van der Waals surface area (Å²) in [6, 6.07) is 9.06. The Balaban J connectivity index is 2.38. The molecular weight excluding hydrogens is 403 g/mol. The van der Waals surface area contributed by atoms with E-state index in [1.54, 1.807) is 0 Å². The van der Waals surface area contributed by atoms with Gasteiger partial charge in [0.15, 0.2) is 0 Å². The first-order valence-corrected chi connectivity index (χ1v) is 10.2. The Bertz CT molecular complexity index is 978. The molecule has 1 unspecified atom stereocenters. The highest BCUT2D eigenvalue weighted by atomic mass is 35.5. The van der Waals surface area contributed by atoms with Crippen molar-refractivity contribution in [3.63, 3.8) is 0 Å². The molecule has 2 aromatic rings. The van der Waals surface area contributed by atoms with E-state index in [9.17, 15) is 25.8 Å². The van der Waals surface area contributed by atoms with Crippen LogP contribution in [-0.4, -0.2) is 25.2 Å². The van der Waals surface area contributed by atoms with Crippen LogP contribution in [0.4, 0.5) is 13.2 Å². The fourth-order valence-corrected chi connectivity index (χ4v) is 5.21. The zero-order valence-electron chi connectivity index (χ0n) is 12.5. The molecule has 0 saturated carbocycles. The van der Waals surface area contributed by atoms with Gasteiger partial charge in [0.05, 0.1) is 14.6 Å². The molecule has 0 aliphatic carbocycles. The Labute approximate surface area is 147 Å². The van der Waals surface area contributed by atoms with Crippen LogP contribution in [0.5, 0.6) is 5.75 Å². The molecule has 11 heteroatoms. The van der Waals surface area contributed by atoms with Crippen molar-refractivity contribution in [2.45, 2.75) is 16.2 Å². The maximum Gasteiger partial charge on any atom is 0.573 e. The number of benzene rings is 2. The summed E-state index contributed by atoms with van der Waals surface area (Å²) in [5.74, 6) is -0.582. The third kappa shape index (κ3) is 5.35. The molecule has 0 saturated heterocycles. The first-order chi connectivity index (χ1) is 11.4. The van der Waals surface area contributed by atoms with Gasteiger partial charge >= 0.3 is 6.36 Å². The van der Waals surface area contributed by atoms with Crippen molar-refractivity contribution in [2.24, 2.45) is 3.77 Å². The molecule has 2 rings (SSSR count). The van der Waals surface area contributed by atoms with Crippen LogP contribution < -0.4 is 4.74 Å². The zero-order valence-corrected chi connectivity index (χ0v) is 14.9. The molecular formula is C14H11ClF3NO4S2. The van der Waals surface area contributed by atoms with Crippen molar-refractivity contribution >= 4 is 31.4 Å². The van der Waals surface area contributed by atoms with E-state index in [1.165, 1.54) is 24.3 Å². The first kappa shape index (κ1) is 19.5. The lowest BCUT2D eigenvalue weighted by Crippen LogP contribution is -2.17. The molecule has 0 radical (unpaired) electrons. The molecule has 2 aromatic carbocycles. The van der Waals surface area contributed by atoms with Gasteiger partial charge in [-0.3, -0.25) is 0 Å². The van der Waals surface area contributed by atoms with Crippen molar-refractivity contribution in [2.75, 3.05) is 6.26 Å².